The molecule has 3 heteroatoms. The Morgan fingerprint density at radius 2 is 1.65 bits per heavy atom. The van der Waals surface area contributed by atoms with Gasteiger partial charge >= 0.3 is 0 Å². The fourth-order valence-electron chi connectivity index (χ4n) is 4.15. The van der Waals surface area contributed by atoms with Crippen molar-refractivity contribution in [1.29, 1.82) is 0 Å². The fraction of sp³-hybridized carbons (Fsp3) is 0.478. The molecule has 1 saturated heterocycles. The van der Waals surface area contributed by atoms with Crippen molar-refractivity contribution in [2.75, 3.05) is 26.7 Å². The highest BCUT2D eigenvalue weighted by Crippen LogP contribution is 2.41. The topological polar surface area (TPSA) is 32.7 Å². The van der Waals surface area contributed by atoms with Crippen molar-refractivity contribution in [3.05, 3.63) is 65.7 Å². The van der Waals surface area contributed by atoms with E-state index < -0.39 is 5.60 Å². The summed E-state index contributed by atoms with van der Waals surface area (Å²) in [4.78, 5) is 2.52. The van der Waals surface area contributed by atoms with Crippen LogP contribution in [0.2, 0.25) is 0 Å². The molecule has 0 bridgehead atoms. The van der Waals surface area contributed by atoms with Crippen LogP contribution < -0.4 is 4.74 Å². The molecule has 1 heterocycles. The third kappa shape index (κ3) is 4.11. The molecule has 140 valence electrons. The summed E-state index contributed by atoms with van der Waals surface area (Å²) in [5.41, 5.74) is 1.27. The van der Waals surface area contributed by atoms with Crippen molar-refractivity contribution in [1.82, 2.24) is 4.90 Å². The number of ether oxygens (including phenoxy) is 1. The van der Waals surface area contributed by atoms with Crippen LogP contribution in [0.5, 0.6) is 5.75 Å². The third-order valence-corrected chi connectivity index (χ3v) is 5.80. The Morgan fingerprint density at radius 3 is 2.23 bits per heavy atom. The number of hydrogen-bond donors (Lipinski definition) is 1. The van der Waals surface area contributed by atoms with Gasteiger partial charge in [0.1, 0.15) is 5.75 Å². The molecule has 0 aliphatic carbocycles. The Morgan fingerprint density at radius 1 is 1.00 bits per heavy atom. The van der Waals surface area contributed by atoms with Crippen LogP contribution in [0.25, 0.3) is 0 Å². The van der Waals surface area contributed by atoms with Crippen molar-refractivity contribution >= 4 is 0 Å². The summed E-state index contributed by atoms with van der Waals surface area (Å²) in [6, 6.07) is 18.4. The fourth-order valence-corrected chi connectivity index (χ4v) is 4.15. The van der Waals surface area contributed by atoms with E-state index in [-0.39, 0.29) is 5.92 Å². The normalized spacial score (nSPS) is 18.9. The van der Waals surface area contributed by atoms with Crippen molar-refractivity contribution < 1.29 is 9.84 Å². The van der Waals surface area contributed by atoms with Gasteiger partial charge in [0, 0.05) is 12.5 Å². The average Bonchev–Trinajstić information content (AvgIpc) is 2.73. The van der Waals surface area contributed by atoms with Gasteiger partial charge in [-0.05, 0) is 55.6 Å². The standard InChI is InChI=1S/C23H31NO2/c1-3-23(25,20-12-14-21(26-2)15-13-20)22(19-10-6-4-7-11-19)18-24-16-8-5-9-17-24/h4,6-7,10-15,22,25H,3,5,8-9,16-18H2,1-2H3/t22-,23-/m0/s1. The van der Waals surface area contributed by atoms with Crippen molar-refractivity contribution in [2.24, 2.45) is 0 Å². The van der Waals surface area contributed by atoms with Gasteiger partial charge in [-0.25, -0.2) is 0 Å². The zero-order chi connectivity index (χ0) is 18.4. The second-order valence-electron chi connectivity index (χ2n) is 7.33. The predicted molar refractivity (Wildman–Crippen MR) is 107 cm³/mol. The van der Waals surface area contributed by atoms with E-state index in [0.29, 0.717) is 6.42 Å². The van der Waals surface area contributed by atoms with Crippen LogP contribution in [0.4, 0.5) is 0 Å². The number of rotatable bonds is 7. The number of piperidine rings is 1. The lowest BCUT2D eigenvalue weighted by Crippen LogP contribution is -2.42. The Bertz CT molecular complexity index is 664. The molecule has 2 aromatic rings. The molecule has 3 nitrogen and oxygen atoms in total. The van der Waals surface area contributed by atoms with Crippen LogP contribution in [0.3, 0.4) is 0 Å². The van der Waals surface area contributed by atoms with Crippen LogP contribution >= 0.6 is 0 Å². The Labute approximate surface area is 157 Å². The molecule has 2 atom stereocenters. The molecule has 1 N–H and O–H groups in total. The van der Waals surface area contributed by atoms with Crippen LogP contribution in [0, 0.1) is 0 Å². The van der Waals surface area contributed by atoms with Crippen LogP contribution in [0.1, 0.15) is 49.7 Å². The largest absolute Gasteiger partial charge is 0.497 e. The molecule has 0 amide bonds. The first kappa shape index (κ1) is 18.9. The molecule has 1 aliphatic rings. The SMILES string of the molecule is CC[C@](O)(c1ccc(OC)cc1)[C@@H](CN1CCCCC1)c1ccccc1. The molecule has 0 unspecified atom stereocenters. The Balaban J connectivity index is 1.95. The first-order chi connectivity index (χ1) is 12.7. The number of nitrogens with zero attached hydrogens (tertiary/aromatic N) is 1. The highest BCUT2D eigenvalue weighted by atomic mass is 16.5. The number of likely N-dealkylation sites (tertiary alicyclic amines) is 1. The number of hydrogen-bond acceptors (Lipinski definition) is 3. The minimum absolute atomic E-state index is 0.0418. The van der Waals surface area contributed by atoms with Crippen molar-refractivity contribution in [2.45, 2.75) is 44.1 Å². The van der Waals surface area contributed by atoms with Crippen LogP contribution in [-0.4, -0.2) is 36.8 Å². The lowest BCUT2D eigenvalue weighted by atomic mass is 9.75. The minimum atomic E-state index is -0.898. The smallest absolute Gasteiger partial charge is 0.118 e. The Kier molecular flexibility index (Phi) is 6.33. The summed E-state index contributed by atoms with van der Waals surface area (Å²) in [6.45, 7) is 5.23. The molecule has 1 fully saturated rings. The minimum Gasteiger partial charge on any atom is -0.497 e. The maximum Gasteiger partial charge on any atom is 0.118 e. The van der Waals surface area contributed by atoms with E-state index in [9.17, 15) is 5.11 Å². The maximum atomic E-state index is 11.8. The first-order valence-corrected chi connectivity index (χ1v) is 9.81. The summed E-state index contributed by atoms with van der Waals surface area (Å²) >= 11 is 0. The molecule has 0 aromatic heterocycles. The van der Waals surface area contributed by atoms with E-state index in [2.05, 4.69) is 36.1 Å². The van der Waals surface area contributed by atoms with Gasteiger partial charge < -0.3 is 14.7 Å². The van der Waals surface area contributed by atoms with Gasteiger partial charge in [0.15, 0.2) is 0 Å². The lowest BCUT2D eigenvalue weighted by molar-refractivity contribution is -0.0105. The highest BCUT2D eigenvalue weighted by Gasteiger charge is 2.39. The lowest BCUT2D eigenvalue weighted by Gasteiger charge is -2.40. The molecule has 3 rings (SSSR count). The van der Waals surface area contributed by atoms with Gasteiger partial charge in [0.05, 0.1) is 12.7 Å². The van der Waals surface area contributed by atoms with Gasteiger partial charge in [0.2, 0.25) is 0 Å². The monoisotopic (exact) mass is 353 g/mol. The van der Waals surface area contributed by atoms with Crippen molar-refractivity contribution in [3.63, 3.8) is 0 Å². The summed E-state index contributed by atoms with van der Waals surface area (Å²) in [6.07, 6.45) is 4.51. The van der Waals surface area contributed by atoms with Gasteiger partial charge in [-0.1, -0.05) is 55.8 Å². The predicted octanol–water partition coefficient (Wildman–Crippen LogP) is 4.56. The Hall–Kier alpha value is -1.84. The van der Waals surface area contributed by atoms with E-state index in [1.807, 2.05) is 30.3 Å². The molecule has 1 aliphatic heterocycles. The third-order valence-electron chi connectivity index (χ3n) is 5.80. The zero-order valence-corrected chi connectivity index (χ0v) is 16.0. The molecule has 26 heavy (non-hydrogen) atoms. The molecular formula is C23H31NO2. The molecule has 0 radical (unpaired) electrons. The summed E-state index contributed by atoms with van der Waals surface area (Å²) in [5, 5.41) is 11.8. The number of benzene rings is 2. The van der Waals surface area contributed by atoms with E-state index >= 15 is 0 Å². The van der Waals surface area contributed by atoms with Gasteiger partial charge in [0.25, 0.3) is 0 Å². The number of aliphatic hydroxyl groups is 1. The second kappa shape index (κ2) is 8.70. The van der Waals surface area contributed by atoms with Crippen LogP contribution in [-0.2, 0) is 5.60 Å². The maximum absolute atomic E-state index is 11.8. The van der Waals surface area contributed by atoms with Gasteiger partial charge in [-0.2, -0.15) is 0 Å². The zero-order valence-electron chi connectivity index (χ0n) is 16.0. The number of methoxy groups -OCH3 is 1. The molecule has 0 saturated carbocycles. The highest BCUT2D eigenvalue weighted by molar-refractivity contribution is 5.35. The van der Waals surface area contributed by atoms with Gasteiger partial charge in [-0.3, -0.25) is 0 Å². The van der Waals surface area contributed by atoms with E-state index in [0.717, 1.165) is 30.9 Å². The van der Waals surface area contributed by atoms with Crippen molar-refractivity contribution in [3.8, 4) is 5.75 Å². The van der Waals surface area contributed by atoms with E-state index in [1.165, 1.54) is 24.8 Å². The summed E-state index contributed by atoms with van der Waals surface area (Å²) < 4.78 is 5.29. The average molecular weight is 354 g/mol. The van der Waals surface area contributed by atoms with Crippen LogP contribution in [0.15, 0.2) is 54.6 Å². The van der Waals surface area contributed by atoms with E-state index in [4.69, 9.17) is 4.74 Å². The van der Waals surface area contributed by atoms with Gasteiger partial charge in [-0.15, -0.1) is 0 Å². The quantitative estimate of drug-likeness (QED) is 0.792. The summed E-state index contributed by atoms with van der Waals surface area (Å²) in [5.74, 6) is 0.861. The van der Waals surface area contributed by atoms with E-state index in [1.54, 1.807) is 7.11 Å². The molecule has 0 spiro atoms. The molecule has 2 aromatic carbocycles. The first-order valence-electron chi connectivity index (χ1n) is 9.81. The second-order valence-corrected chi connectivity index (χ2v) is 7.33. The summed E-state index contributed by atoms with van der Waals surface area (Å²) in [7, 11) is 1.67. The molecular weight excluding hydrogens is 322 g/mol.